The monoisotopic (exact) mass is 414 g/mol. The van der Waals surface area contributed by atoms with Crippen molar-refractivity contribution >= 4 is 17.9 Å². The van der Waals surface area contributed by atoms with Crippen LogP contribution < -0.4 is 15.1 Å². The van der Waals surface area contributed by atoms with Gasteiger partial charge in [0.15, 0.2) is 0 Å². The Morgan fingerprint density at radius 1 is 1.30 bits per heavy atom. The van der Waals surface area contributed by atoms with Crippen LogP contribution in [0.2, 0.25) is 0 Å². The second kappa shape index (κ2) is 10.7. The maximum absolute atomic E-state index is 12.2. The van der Waals surface area contributed by atoms with E-state index in [1.165, 1.54) is 19.3 Å². The molecule has 0 spiro atoms. The fraction of sp³-hybridized carbons (Fsp3) is 0.667. The van der Waals surface area contributed by atoms with E-state index >= 15 is 0 Å². The smallest absolute Gasteiger partial charge is 0.222 e. The summed E-state index contributed by atoms with van der Waals surface area (Å²) in [7, 11) is 3.75. The highest BCUT2D eigenvalue weighted by Crippen LogP contribution is 2.49. The first kappa shape index (κ1) is 22.4. The summed E-state index contributed by atoms with van der Waals surface area (Å²) in [6.07, 6.45) is 7.26. The van der Waals surface area contributed by atoms with E-state index in [2.05, 4.69) is 29.3 Å². The zero-order valence-corrected chi connectivity index (χ0v) is 19.0. The second-order valence-corrected chi connectivity index (χ2v) is 9.19. The van der Waals surface area contributed by atoms with Crippen molar-refractivity contribution < 1.29 is 9.53 Å². The van der Waals surface area contributed by atoms with Crippen molar-refractivity contribution in [2.45, 2.75) is 46.0 Å². The van der Waals surface area contributed by atoms with Crippen LogP contribution in [-0.4, -0.2) is 50.9 Å². The van der Waals surface area contributed by atoms with Gasteiger partial charge in [0.05, 0.1) is 6.61 Å². The number of rotatable bonds is 10. The molecular formula is C24H38N4O2. The number of hydrogen-bond acceptors (Lipinski definition) is 4. The van der Waals surface area contributed by atoms with Crippen LogP contribution in [0.25, 0.3) is 0 Å². The van der Waals surface area contributed by atoms with Gasteiger partial charge in [-0.25, -0.2) is 0 Å². The van der Waals surface area contributed by atoms with E-state index in [1.54, 1.807) is 13.4 Å². The summed E-state index contributed by atoms with van der Waals surface area (Å²) in [5.74, 6) is 4.16. The van der Waals surface area contributed by atoms with Gasteiger partial charge in [-0.3, -0.25) is 4.79 Å². The SMILES string of the molecule is CN/N=C\N(C)c1ccc(OCCC2CC2C2CCN(C(=O)CC(C)C)CC2)cc1. The number of ether oxygens (including phenoxy) is 1. The number of carbonyl (C=O) groups is 1. The standard InChI is InChI=1S/C24H38N4O2/c1-18(2)15-24(29)28-12-9-19(10-13-28)23-16-20(23)11-14-30-22-7-5-21(6-8-22)27(4)17-26-25-3/h5-8,17-20,23,25H,9-16H2,1-4H3/b26-17-. The summed E-state index contributed by atoms with van der Waals surface area (Å²) in [5.41, 5.74) is 3.82. The number of amides is 1. The minimum absolute atomic E-state index is 0.343. The average Bonchev–Trinajstić information content (AvgIpc) is 3.51. The fourth-order valence-electron chi connectivity index (χ4n) is 4.55. The first-order chi connectivity index (χ1) is 14.5. The Morgan fingerprint density at radius 2 is 2.00 bits per heavy atom. The van der Waals surface area contributed by atoms with Crippen molar-refractivity contribution in [3.05, 3.63) is 24.3 Å². The van der Waals surface area contributed by atoms with Crippen molar-refractivity contribution in [1.82, 2.24) is 10.3 Å². The number of piperidine rings is 1. The van der Waals surface area contributed by atoms with Crippen LogP contribution in [-0.2, 0) is 4.79 Å². The maximum Gasteiger partial charge on any atom is 0.222 e. The first-order valence-corrected chi connectivity index (χ1v) is 11.4. The average molecular weight is 415 g/mol. The maximum atomic E-state index is 12.2. The third-order valence-electron chi connectivity index (χ3n) is 6.42. The third kappa shape index (κ3) is 6.38. The van der Waals surface area contributed by atoms with Gasteiger partial charge in [0, 0.05) is 39.3 Å². The Morgan fingerprint density at radius 3 is 2.63 bits per heavy atom. The molecule has 166 valence electrons. The summed E-state index contributed by atoms with van der Waals surface area (Å²) in [6, 6.07) is 8.14. The number of hydrazone groups is 1. The molecule has 1 aromatic carbocycles. The molecule has 0 aromatic heterocycles. The topological polar surface area (TPSA) is 57.2 Å². The Kier molecular flexibility index (Phi) is 8.00. The van der Waals surface area contributed by atoms with Crippen molar-refractivity contribution in [3.8, 4) is 5.75 Å². The lowest BCUT2D eigenvalue weighted by molar-refractivity contribution is -0.133. The first-order valence-electron chi connectivity index (χ1n) is 11.4. The molecule has 1 amide bonds. The van der Waals surface area contributed by atoms with E-state index in [9.17, 15) is 4.79 Å². The Bertz CT molecular complexity index is 696. The van der Waals surface area contributed by atoms with Crippen LogP contribution in [0.3, 0.4) is 0 Å². The Hall–Kier alpha value is -2.24. The quantitative estimate of drug-likeness (QED) is 0.357. The van der Waals surface area contributed by atoms with E-state index in [-0.39, 0.29) is 0 Å². The van der Waals surface area contributed by atoms with Crippen LogP contribution in [0.15, 0.2) is 29.4 Å². The highest BCUT2D eigenvalue weighted by Gasteiger charge is 2.43. The normalized spacial score (nSPS) is 21.8. The largest absolute Gasteiger partial charge is 0.494 e. The van der Waals surface area contributed by atoms with Gasteiger partial charge in [-0.15, -0.1) is 0 Å². The minimum atomic E-state index is 0.343. The van der Waals surface area contributed by atoms with E-state index < -0.39 is 0 Å². The molecule has 2 aliphatic rings. The molecule has 1 aliphatic heterocycles. The number of nitrogens with one attached hydrogen (secondary N) is 1. The summed E-state index contributed by atoms with van der Waals surface area (Å²) in [4.78, 5) is 16.3. The van der Waals surface area contributed by atoms with E-state index in [0.29, 0.717) is 18.2 Å². The number of likely N-dealkylation sites (tertiary alicyclic amines) is 1. The Labute approximate surface area is 181 Å². The molecule has 1 saturated carbocycles. The van der Waals surface area contributed by atoms with Crippen LogP contribution in [0, 0.1) is 23.7 Å². The minimum Gasteiger partial charge on any atom is -0.494 e. The van der Waals surface area contributed by atoms with Crippen LogP contribution in [0.5, 0.6) is 5.75 Å². The van der Waals surface area contributed by atoms with E-state index in [0.717, 1.165) is 55.3 Å². The van der Waals surface area contributed by atoms with Crippen molar-refractivity contribution in [2.75, 3.05) is 38.7 Å². The van der Waals surface area contributed by atoms with Crippen molar-refractivity contribution in [1.29, 1.82) is 0 Å². The Balaban J connectivity index is 1.33. The lowest BCUT2D eigenvalue weighted by Gasteiger charge is -2.33. The molecule has 6 nitrogen and oxygen atoms in total. The molecular weight excluding hydrogens is 376 g/mol. The van der Waals surface area contributed by atoms with Gasteiger partial charge in [-0.05, 0) is 73.6 Å². The number of anilines is 1. The molecule has 1 N–H and O–H groups in total. The number of nitrogens with zero attached hydrogens (tertiary/aromatic N) is 3. The molecule has 0 radical (unpaired) electrons. The van der Waals surface area contributed by atoms with Gasteiger partial charge in [-0.1, -0.05) is 13.8 Å². The molecule has 1 aliphatic carbocycles. The lowest BCUT2D eigenvalue weighted by atomic mass is 9.90. The van der Waals surface area contributed by atoms with Gasteiger partial charge in [0.1, 0.15) is 12.1 Å². The molecule has 1 heterocycles. The molecule has 1 saturated heterocycles. The van der Waals surface area contributed by atoms with E-state index in [1.807, 2.05) is 36.2 Å². The molecule has 0 bridgehead atoms. The lowest BCUT2D eigenvalue weighted by Crippen LogP contribution is -2.39. The summed E-state index contributed by atoms with van der Waals surface area (Å²) in [5, 5.41) is 4.02. The van der Waals surface area contributed by atoms with Crippen LogP contribution in [0.1, 0.15) is 46.0 Å². The van der Waals surface area contributed by atoms with Crippen LogP contribution >= 0.6 is 0 Å². The molecule has 2 unspecified atom stereocenters. The zero-order valence-electron chi connectivity index (χ0n) is 19.0. The van der Waals surface area contributed by atoms with Gasteiger partial charge >= 0.3 is 0 Å². The second-order valence-electron chi connectivity index (χ2n) is 9.19. The zero-order chi connectivity index (χ0) is 21.5. The summed E-state index contributed by atoms with van der Waals surface area (Å²) >= 11 is 0. The van der Waals surface area contributed by atoms with E-state index in [4.69, 9.17) is 4.74 Å². The molecule has 30 heavy (non-hydrogen) atoms. The number of hydrogen-bond donors (Lipinski definition) is 1. The molecule has 3 rings (SSSR count). The summed E-state index contributed by atoms with van der Waals surface area (Å²) < 4.78 is 5.98. The van der Waals surface area contributed by atoms with Gasteiger partial charge < -0.3 is 20.0 Å². The van der Waals surface area contributed by atoms with Gasteiger partial charge in [0.25, 0.3) is 0 Å². The molecule has 6 heteroatoms. The summed E-state index contributed by atoms with van der Waals surface area (Å²) in [6.45, 7) is 6.93. The fourth-order valence-corrected chi connectivity index (χ4v) is 4.55. The predicted octanol–water partition coefficient (Wildman–Crippen LogP) is 3.98. The molecule has 2 atom stereocenters. The van der Waals surface area contributed by atoms with Gasteiger partial charge in [0.2, 0.25) is 5.91 Å². The number of benzene rings is 1. The van der Waals surface area contributed by atoms with Crippen LogP contribution in [0.4, 0.5) is 5.69 Å². The van der Waals surface area contributed by atoms with Crippen molar-refractivity contribution in [3.63, 3.8) is 0 Å². The molecule has 1 aromatic rings. The number of carbonyl (C=O) groups excluding carboxylic acids is 1. The molecule has 2 fully saturated rings. The predicted molar refractivity (Wildman–Crippen MR) is 123 cm³/mol. The highest BCUT2D eigenvalue weighted by atomic mass is 16.5. The third-order valence-corrected chi connectivity index (χ3v) is 6.42. The highest BCUT2D eigenvalue weighted by molar-refractivity contribution is 5.78. The van der Waals surface area contributed by atoms with Gasteiger partial charge in [-0.2, -0.15) is 5.10 Å². The van der Waals surface area contributed by atoms with Crippen molar-refractivity contribution in [2.24, 2.45) is 28.8 Å².